The third-order valence-electron chi connectivity index (χ3n) is 1.89. The summed E-state index contributed by atoms with van der Waals surface area (Å²) in [5, 5.41) is 0. The maximum Gasteiger partial charge on any atom is 0.408 e. The summed E-state index contributed by atoms with van der Waals surface area (Å²) in [6.07, 6.45) is 3.77. The summed E-state index contributed by atoms with van der Waals surface area (Å²) >= 11 is 0. The standard InChI is InChI=1S/C9H14N2O3/c1-4-9(2,3)14-13-8(12)7-10-5-6-11-7/h5-6H,4H2,1-3H3,(H,10,11). The zero-order valence-corrected chi connectivity index (χ0v) is 8.53. The average molecular weight is 198 g/mol. The summed E-state index contributed by atoms with van der Waals surface area (Å²) in [6.45, 7) is 5.62. The molecule has 0 aromatic carbocycles. The Balaban J connectivity index is 2.43. The summed E-state index contributed by atoms with van der Waals surface area (Å²) in [6, 6.07) is 0. The third kappa shape index (κ3) is 2.85. The van der Waals surface area contributed by atoms with E-state index < -0.39 is 11.6 Å². The first-order chi connectivity index (χ1) is 6.55. The van der Waals surface area contributed by atoms with Crippen molar-refractivity contribution in [1.29, 1.82) is 0 Å². The summed E-state index contributed by atoms with van der Waals surface area (Å²) in [5.41, 5.74) is -0.470. The van der Waals surface area contributed by atoms with Crippen LogP contribution in [0.2, 0.25) is 0 Å². The predicted molar refractivity (Wildman–Crippen MR) is 49.5 cm³/mol. The van der Waals surface area contributed by atoms with Crippen molar-refractivity contribution in [2.75, 3.05) is 0 Å². The summed E-state index contributed by atoms with van der Waals surface area (Å²) in [5.74, 6) is -0.478. The Labute approximate surface area is 82.4 Å². The number of hydrogen-bond donors (Lipinski definition) is 1. The van der Waals surface area contributed by atoms with Crippen LogP contribution in [-0.2, 0) is 9.78 Å². The van der Waals surface area contributed by atoms with Gasteiger partial charge in [0.25, 0.3) is 0 Å². The molecule has 0 saturated carbocycles. The zero-order chi connectivity index (χ0) is 10.6. The molecule has 0 atom stereocenters. The molecule has 0 spiro atoms. The smallest absolute Gasteiger partial charge is 0.339 e. The molecule has 0 aliphatic carbocycles. The third-order valence-corrected chi connectivity index (χ3v) is 1.89. The van der Waals surface area contributed by atoms with Gasteiger partial charge in [-0.3, -0.25) is 4.89 Å². The van der Waals surface area contributed by atoms with Gasteiger partial charge in [-0.2, -0.15) is 4.89 Å². The van der Waals surface area contributed by atoms with Crippen molar-refractivity contribution >= 4 is 5.97 Å². The Morgan fingerprint density at radius 2 is 2.36 bits per heavy atom. The van der Waals surface area contributed by atoms with Gasteiger partial charge in [-0.1, -0.05) is 6.92 Å². The summed E-state index contributed by atoms with van der Waals surface area (Å²) in [4.78, 5) is 27.1. The molecule has 78 valence electrons. The van der Waals surface area contributed by atoms with E-state index in [-0.39, 0.29) is 5.82 Å². The second-order valence-corrected chi connectivity index (χ2v) is 3.51. The lowest BCUT2D eigenvalue weighted by molar-refractivity contribution is -0.307. The zero-order valence-electron chi connectivity index (χ0n) is 8.53. The van der Waals surface area contributed by atoms with E-state index >= 15 is 0 Å². The molecule has 14 heavy (non-hydrogen) atoms. The van der Waals surface area contributed by atoms with Crippen LogP contribution in [0.5, 0.6) is 0 Å². The lowest BCUT2D eigenvalue weighted by atomic mass is 10.1. The molecule has 0 aliphatic heterocycles. The molecule has 5 heteroatoms. The first kappa shape index (κ1) is 10.7. The number of aromatic amines is 1. The van der Waals surface area contributed by atoms with Gasteiger partial charge in [0.05, 0.1) is 0 Å². The van der Waals surface area contributed by atoms with Crippen LogP contribution in [0.3, 0.4) is 0 Å². The van der Waals surface area contributed by atoms with E-state index in [1.54, 1.807) is 6.20 Å². The van der Waals surface area contributed by atoms with Gasteiger partial charge in [0.15, 0.2) is 0 Å². The molecule has 0 saturated heterocycles. The van der Waals surface area contributed by atoms with Crippen LogP contribution in [0.1, 0.15) is 37.8 Å². The minimum absolute atomic E-state index is 0.136. The predicted octanol–water partition coefficient (Wildman–Crippen LogP) is 1.69. The van der Waals surface area contributed by atoms with Gasteiger partial charge in [0.1, 0.15) is 5.60 Å². The highest BCUT2D eigenvalue weighted by molar-refractivity contribution is 5.84. The SMILES string of the molecule is CCC(C)(C)OOC(=O)c1ncc[nH]1. The Morgan fingerprint density at radius 1 is 1.64 bits per heavy atom. The quantitative estimate of drug-likeness (QED) is 0.590. The second-order valence-electron chi connectivity index (χ2n) is 3.51. The minimum Gasteiger partial charge on any atom is -0.339 e. The highest BCUT2D eigenvalue weighted by Crippen LogP contribution is 2.14. The van der Waals surface area contributed by atoms with Gasteiger partial charge in [0.2, 0.25) is 5.82 Å². The van der Waals surface area contributed by atoms with Crippen LogP contribution in [0.4, 0.5) is 0 Å². The van der Waals surface area contributed by atoms with E-state index in [0.29, 0.717) is 0 Å². The molecule has 0 fully saturated rings. The van der Waals surface area contributed by atoms with Gasteiger partial charge in [-0.05, 0) is 20.3 Å². The van der Waals surface area contributed by atoms with E-state index in [2.05, 4.69) is 14.9 Å². The highest BCUT2D eigenvalue weighted by atomic mass is 17.2. The van der Waals surface area contributed by atoms with Gasteiger partial charge in [-0.25, -0.2) is 9.78 Å². The van der Waals surface area contributed by atoms with Crippen LogP contribution in [-0.4, -0.2) is 21.5 Å². The number of hydrogen-bond acceptors (Lipinski definition) is 4. The van der Waals surface area contributed by atoms with Crippen molar-refractivity contribution in [2.24, 2.45) is 0 Å². The summed E-state index contributed by atoms with van der Waals surface area (Å²) < 4.78 is 0. The van der Waals surface area contributed by atoms with Crippen molar-refractivity contribution < 1.29 is 14.6 Å². The van der Waals surface area contributed by atoms with Crippen molar-refractivity contribution in [3.8, 4) is 0 Å². The maximum atomic E-state index is 11.2. The van der Waals surface area contributed by atoms with Crippen LogP contribution in [0.15, 0.2) is 12.4 Å². The first-order valence-corrected chi connectivity index (χ1v) is 4.44. The van der Waals surface area contributed by atoms with Crippen molar-refractivity contribution in [3.63, 3.8) is 0 Å². The highest BCUT2D eigenvalue weighted by Gasteiger charge is 2.21. The molecule has 0 radical (unpaired) electrons. The normalized spacial score (nSPS) is 11.4. The van der Waals surface area contributed by atoms with E-state index in [1.807, 2.05) is 20.8 Å². The van der Waals surface area contributed by atoms with Crippen molar-refractivity contribution in [2.45, 2.75) is 32.8 Å². The number of imidazole rings is 1. The Hall–Kier alpha value is -1.36. The number of carbonyl (C=O) groups excluding carboxylic acids is 1. The minimum atomic E-state index is -0.614. The number of nitrogens with zero attached hydrogens (tertiary/aromatic N) is 1. The fraction of sp³-hybridized carbons (Fsp3) is 0.556. The maximum absolute atomic E-state index is 11.2. The summed E-state index contributed by atoms with van der Waals surface area (Å²) in [7, 11) is 0. The van der Waals surface area contributed by atoms with Crippen LogP contribution in [0, 0.1) is 0 Å². The van der Waals surface area contributed by atoms with E-state index in [9.17, 15) is 4.79 Å². The van der Waals surface area contributed by atoms with E-state index in [0.717, 1.165) is 6.42 Å². The van der Waals surface area contributed by atoms with Crippen molar-refractivity contribution in [1.82, 2.24) is 9.97 Å². The molecule has 0 amide bonds. The molecule has 1 heterocycles. The Kier molecular flexibility index (Phi) is 3.24. The first-order valence-electron chi connectivity index (χ1n) is 4.44. The lowest BCUT2D eigenvalue weighted by Crippen LogP contribution is -2.25. The Bertz CT molecular complexity index is 293. The van der Waals surface area contributed by atoms with Crippen LogP contribution < -0.4 is 0 Å². The number of nitrogens with one attached hydrogen (secondary N) is 1. The van der Waals surface area contributed by atoms with Gasteiger partial charge < -0.3 is 4.98 Å². The largest absolute Gasteiger partial charge is 0.408 e. The molecule has 0 unspecified atom stereocenters. The molecular weight excluding hydrogens is 184 g/mol. The fourth-order valence-corrected chi connectivity index (χ4v) is 0.626. The average Bonchev–Trinajstić information content (AvgIpc) is 2.67. The second kappa shape index (κ2) is 4.23. The number of rotatable bonds is 4. The fourth-order valence-electron chi connectivity index (χ4n) is 0.626. The van der Waals surface area contributed by atoms with Crippen LogP contribution >= 0.6 is 0 Å². The monoisotopic (exact) mass is 198 g/mol. The molecule has 1 rings (SSSR count). The van der Waals surface area contributed by atoms with Gasteiger partial charge in [-0.15, -0.1) is 0 Å². The number of H-pyrrole nitrogens is 1. The van der Waals surface area contributed by atoms with E-state index in [1.165, 1.54) is 6.20 Å². The Morgan fingerprint density at radius 3 is 2.86 bits per heavy atom. The molecular formula is C9H14N2O3. The molecule has 0 bridgehead atoms. The number of aromatic nitrogens is 2. The molecule has 0 aliphatic rings. The number of carbonyl (C=O) groups is 1. The topological polar surface area (TPSA) is 64.2 Å². The molecule has 5 nitrogen and oxygen atoms in total. The van der Waals surface area contributed by atoms with Gasteiger partial charge in [0, 0.05) is 12.4 Å². The van der Waals surface area contributed by atoms with E-state index in [4.69, 9.17) is 4.89 Å². The molecule has 1 aromatic rings. The van der Waals surface area contributed by atoms with Gasteiger partial charge >= 0.3 is 5.97 Å². The molecule has 1 N–H and O–H groups in total. The van der Waals surface area contributed by atoms with Crippen molar-refractivity contribution in [3.05, 3.63) is 18.2 Å². The molecule has 1 aromatic heterocycles. The lowest BCUT2D eigenvalue weighted by Gasteiger charge is -2.19. The van der Waals surface area contributed by atoms with Crippen LogP contribution in [0.25, 0.3) is 0 Å².